The van der Waals surface area contributed by atoms with Crippen LogP contribution in [-0.2, 0) is 13.1 Å². The number of rotatable bonds is 3. The highest BCUT2D eigenvalue weighted by Crippen LogP contribution is 2.25. The molecule has 0 saturated carbocycles. The summed E-state index contributed by atoms with van der Waals surface area (Å²) in [6.45, 7) is 4.18. The van der Waals surface area contributed by atoms with Crippen molar-refractivity contribution in [3.8, 4) is 10.6 Å². The molecule has 0 saturated heterocycles. The van der Waals surface area contributed by atoms with Crippen molar-refractivity contribution in [3.63, 3.8) is 0 Å². The van der Waals surface area contributed by atoms with Gasteiger partial charge in [0.05, 0.1) is 11.4 Å². The lowest BCUT2D eigenvalue weighted by Gasteiger charge is -2.08. The summed E-state index contributed by atoms with van der Waals surface area (Å²) in [5, 5.41) is 2.19. The van der Waals surface area contributed by atoms with Crippen LogP contribution in [0.5, 0.6) is 0 Å². The zero-order valence-electron chi connectivity index (χ0n) is 12.2. The first-order chi connectivity index (χ1) is 10.6. The van der Waals surface area contributed by atoms with Crippen LogP contribution in [0.3, 0.4) is 0 Å². The van der Waals surface area contributed by atoms with E-state index in [4.69, 9.17) is 0 Å². The van der Waals surface area contributed by atoms with Crippen molar-refractivity contribution in [2.45, 2.75) is 26.9 Å². The molecule has 8 heteroatoms. The van der Waals surface area contributed by atoms with E-state index in [1.165, 1.54) is 20.5 Å². The van der Waals surface area contributed by atoms with E-state index >= 15 is 0 Å². The molecule has 0 unspecified atom stereocenters. The minimum Gasteiger partial charge on any atom is -0.268 e. The van der Waals surface area contributed by atoms with E-state index in [0.717, 1.165) is 4.88 Å². The van der Waals surface area contributed by atoms with E-state index < -0.39 is 16.9 Å². The molecule has 0 fully saturated rings. The van der Waals surface area contributed by atoms with Crippen LogP contribution in [0.4, 0.5) is 0 Å². The zero-order chi connectivity index (χ0) is 15.9. The summed E-state index contributed by atoms with van der Waals surface area (Å²) >= 11 is 1.42. The largest absolute Gasteiger partial charge is 0.439 e. The van der Waals surface area contributed by atoms with E-state index in [9.17, 15) is 14.4 Å². The first kappa shape index (κ1) is 14.5. The molecule has 3 heterocycles. The third-order valence-electron chi connectivity index (χ3n) is 3.55. The monoisotopic (exact) mass is 319 g/mol. The fraction of sp³-hybridized carbons (Fsp3) is 0.286. The van der Waals surface area contributed by atoms with Crippen molar-refractivity contribution in [1.82, 2.24) is 14.1 Å². The number of nitrogens with one attached hydrogen (secondary N) is 2. The minimum absolute atomic E-state index is 0.259. The smallest absolute Gasteiger partial charge is 0.268 e. The van der Waals surface area contributed by atoms with Crippen molar-refractivity contribution in [1.29, 1.82) is 0 Å². The lowest BCUT2D eigenvalue weighted by molar-refractivity contribution is -0.374. The molecule has 0 aliphatic rings. The molecule has 0 spiro atoms. The average molecular weight is 319 g/mol. The topological polar surface area (TPSA) is 91.0 Å². The number of fused-ring (bicyclic) bond motifs is 1. The van der Waals surface area contributed by atoms with Gasteiger partial charge in [-0.3, -0.25) is 4.79 Å². The molecule has 0 atom stereocenters. The molecule has 7 nitrogen and oxygen atoms in total. The van der Waals surface area contributed by atoms with Gasteiger partial charge in [-0.2, -0.15) is 0 Å². The first-order valence-electron chi connectivity index (χ1n) is 6.95. The highest BCUT2D eigenvalue weighted by atomic mass is 32.1. The second kappa shape index (κ2) is 5.38. The van der Waals surface area contributed by atoms with E-state index in [0.29, 0.717) is 17.6 Å². The second-order valence-electron chi connectivity index (χ2n) is 4.73. The Morgan fingerprint density at radius 2 is 1.91 bits per heavy atom. The minimum atomic E-state index is -0.453. The summed E-state index contributed by atoms with van der Waals surface area (Å²) in [4.78, 5) is 43.0. The number of hydrogen-bond donors (Lipinski definition) is 1. The summed E-state index contributed by atoms with van der Waals surface area (Å²) in [6.07, 6.45) is 0. The second-order valence-corrected chi connectivity index (χ2v) is 5.68. The molecule has 0 aromatic carbocycles. The van der Waals surface area contributed by atoms with Crippen molar-refractivity contribution in [3.05, 3.63) is 48.8 Å². The van der Waals surface area contributed by atoms with Gasteiger partial charge in [0.15, 0.2) is 5.39 Å². The summed E-state index contributed by atoms with van der Waals surface area (Å²) in [5.41, 5.74) is -0.562. The molecule has 0 aliphatic carbocycles. The third kappa shape index (κ3) is 2.03. The molecule has 0 amide bonds. The molecule has 3 aromatic rings. The van der Waals surface area contributed by atoms with Crippen LogP contribution in [0.1, 0.15) is 13.8 Å². The number of aromatic nitrogens is 4. The fourth-order valence-electron chi connectivity index (χ4n) is 2.55. The normalized spacial score (nSPS) is 11.2. The number of hydrogen-bond acceptors (Lipinski definition) is 4. The van der Waals surface area contributed by atoms with Gasteiger partial charge in [-0.1, -0.05) is 6.07 Å². The van der Waals surface area contributed by atoms with Crippen LogP contribution in [0.2, 0.25) is 0 Å². The molecular formula is C14H15N4O3S+. The van der Waals surface area contributed by atoms with Crippen LogP contribution in [0.25, 0.3) is 21.6 Å². The van der Waals surface area contributed by atoms with Gasteiger partial charge in [-0.05, 0) is 25.3 Å². The van der Waals surface area contributed by atoms with E-state index in [1.54, 1.807) is 13.8 Å². The molecule has 2 N–H and O–H groups in total. The predicted molar refractivity (Wildman–Crippen MR) is 84.3 cm³/mol. The quantitative estimate of drug-likeness (QED) is 0.759. The molecule has 114 valence electrons. The first-order valence-corrected chi connectivity index (χ1v) is 7.83. The molecule has 0 aliphatic heterocycles. The van der Waals surface area contributed by atoms with Gasteiger partial charge >= 0.3 is 11.4 Å². The predicted octanol–water partition coefficient (Wildman–Crippen LogP) is 0.434. The SMILES string of the molecule is CCn1c(=O)c2c(-c3cccs3)[nH]c(=O)[nH+]c2n(CC)c1=O. The van der Waals surface area contributed by atoms with Crippen LogP contribution < -0.4 is 21.9 Å². The van der Waals surface area contributed by atoms with Crippen LogP contribution >= 0.6 is 11.3 Å². The van der Waals surface area contributed by atoms with Gasteiger partial charge in [0.1, 0.15) is 5.69 Å². The number of aryl methyl sites for hydroxylation is 1. The van der Waals surface area contributed by atoms with Crippen molar-refractivity contribution < 1.29 is 4.98 Å². The van der Waals surface area contributed by atoms with Crippen molar-refractivity contribution in [2.24, 2.45) is 0 Å². The molecule has 3 rings (SSSR count). The van der Waals surface area contributed by atoms with Crippen molar-refractivity contribution >= 4 is 22.4 Å². The Morgan fingerprint density at radius 1 is 1.18 bits per heavy atom. The molecule has 0 bridgehead atoms. The lowest BCUT2D eigenvalue weighted by atomic mass is 10.2. The molecular weight excluding hydrogens is 304 g/mol. The van der Waals surface area contributed by atoms with Crippen LogP contribution in [0, 0.1) is 0 Å². The maximum absolute atomic E-state index is 12.7. The number of nitrogens with zero attached hydrogens (tertiary/aromatic N) is 2. The molecule has 3 aromatic heterocycles. The highest BCUT2D eigenvalue weighted by molar-refractivity contribution is 7.13. The Morgan fingerprint density at radius 3 is 2.50 bits per heavy atom. The van der Waals surface area contributed by atoms with Gasteiger partial charge in [0.25, 0.3) is 5.56 Å². The van der Waals surface area contributed by atoms with Gasteiger partial charge in [-0.25, -0.2) is 28.7 Å². The fourth-order valence-corrected chi connectivity index (χ4v) is 3.28. The number of thiophene rings is 1. The summed E-state index contributed by atoms with van der Waals surface area (Å²) in [7, 11) is 0. The Labute approximate surface area is 128 Å². The maximum atomic E-state index is 12.7. The van der Waals surface area contributed by atoms with Gasteiger partial charge < -0.3 is 0 Å². The third-order valence-corrected chi connectivity index (χ3v) is 4.44. The lowest BCUT2D eigenvalue weighted by Crippen LogP contribution is -2.44. The van der Waals surface area contributed by atoms with Gasteiger partial charge in [0.2, 0.25) is 5.65 Å². The van der Waals surface area contributed by atoms with Gasteiger partial charge in [0, 0.05) is 6.54 Å². The highest BCUT2D eigenvalue weighted by Gasteiger charge is 2.22. The van der Waals surface area contributed by atoms with E-state index in [1.807, 2.05) is 17.5 Å². The van der Waals surface area contributed by atoms with Gasteiger partial charge in [-0.15, -0.1) is 11.3 Å². The van der Waals surface area contributed by atoms with Crippen LogP contribution in [-0.4, -0.2) is 14.1 Å². The maximum Gasteiger partial charge on any atom is 0.439 e. The summed E-state index contributed by atoms with van der Waals surface area (Å²) in [6, 6.07) is 3.67. The Kier molecular flexibility index (Phi) is 3.53. The van der Waals surface area contributed by atoms with Crippen LogP contribution in [0.15, 0.2) is 31.9 Å². The Hall–Kier alpha value is -2.48. The van der Waals surface area contributed by atoms with E-state index in [2.05, 4.69) is 9.97 Å². The number of H-pyrrole nitrogens is 2. The van der Waals surface area contributed by atoms with E-state index in [-0.39, 0.29) is 12.2 Å². The molecule has 0 radical (unpaired) electrons. The Balaban J connectivity index is 2.62. The number of aromatic amines is 2. The Bertz CT molecular complexity index is 1010. The summed E-state index contributed by atoms with van der Waals surface area (Å²) in [5.74, 6) is 0. The summed E-state index contributed by atoms with van der Waals surface area (Å²) < 4.78 is 2.58. The average Bonchev–Trinajstić information content (AvgIpc) is 3.01. The van der Waals surface area contributed by atoms with Crippen molar-refractivity contribution in [2.75, 3.05) is 0 Å². The molecule has 22 heavy (non-hydrogen) atoms. The zero-order valence-corrected chi connectivity index (χ0v) is 13.0. The standard InChI is InChI=1S/C14H14N4O3S/c1-3-17-11-9(12(19)18(4-2)14(17)21)10(15-13(20)16-11)8-6-5-7-22-8/h5-7H,3-4H2,1-2H3,(H,15,16,20)/p+1.